The lowest BCUT2D eigenvalue weighted by Crippen LogP contribution is -2.03. The Labute approximate surface area is 313 Å². The zero-order valence-corrected chi connectivity index (χ0v) is 29.4. The van der Waals surface area contributed by atoms with Crippen molar-refractivity contribution in [3.05, 3.63) is 170 Å². The van der Waals surface area contributed by atoms with E-state index in [4.69, 9.17) is 14.4 Å². The molecule has 0 saturated heterocycles. The Morgan fingerprint density at radius 3 is 1.98 bits per heavy atom. The van der Waals surface area contributed by atoms with Gasteiger partial charge in [-0.3, -0.25) is 4.57 Å². The van der Waals surface area contributed by atoms with E-state index >= 15 is 0 Å². The highest BCUT2D eigenvalue weighted by Crippen LogP contribution is 2.47. The molecule has 5 nitrogen and oxygen atoms in total. The summed E-state index contributed by atoms with van der Waals surface area (Å²) < 4.78 is 11.3. The quantitative estimate of drug-likeness (QED) is 0.184. The predicted molar refractivity (Wildman–Crippen MR) is 227 cm³/mol. The third-order valence-corrected chi connectivity index (χ3v) is 11.6. The average Bonchev–Trinajstić information content (AvgIpc) is 3.98. The van der Waals surface area contributed by atoms with Gasteiger partial charge in [0.05, 0.1) is 27.6 Å². The maximum absolute atomic E-state index is 6.59. The Hall–Kier alpha value is -7.50. The molecule has 0 bridgehead atoms. The molecule has 5 heteroatoms. The fourth-order valence-electron chi connectivity index (χ4n) is 9.25. The van der Waals surface area contributed by atoms with E-state index in [1.165, 1.54) is 65.4 Å². The van der Waals surface area contributed by atoms with Gasteiger partial charge in [0.15, 0.2) is 5.58 Å². The van der Waals surface area contributed by atoms with E-state index in [1.807, 2.05) is 18.2 Å². The second kappa shape index (κ2) is 10.6. The SMILES string of the molecule is c1ccc(-c2ccc3c(c2)c2cc4c(c5ccccc5n4-c4nc(-c5ccc6ccccc6c5)c5oc6ccccc6c5n4)c4c5ccccc5n3c24)cc1. The van der Waals surface area contributed by atoms with Gasteiger partial charge in [0, 0.05) is 43.3 Å². The molecule has 5 heterocycles. The average molecular weight is 701 g/mol. The molecule has 0 aliphatic rings. The summed E-state index contributed by atoms with van der Waals surface area (Å²) in [5.74, 6) is 0.611. The Balaban J connectivity index is 1.20. The van der Waals surface area contributed by atoms with Crippen LogP contribution in [0.25, 0.3) is 121 Å². The van der Waals surface area contributed by atoms with Gasteiger partial charge in [0.25, 0.3) is 0 Å². The van der Waals surface area contributed by atoms with Gasteiger partial charge in [0.1, 0.15) is 16.8 Å². The lowest BCUT2D eigenvalue weighted by Gasteiger charge is -2.10. The largest absolute Gasteiger partial charge is 0.452 e. The van der Waals surface area contributed by atoms with E-state index in [0.717, 1.165) is 44.2 Å². The molecule has 0 aliphatic carbocycles. The molecule has 0 N–H and O–H groups in total. The summed E-state index contributed by atoms with van der Waals surface area (Å²) in [4.78, 5) is 10.9. The van der Waals surface area contributed by atoms with Crippen LogP contribution in [0.3, 0.4) is 0 Å². The molecule has 254 valence electrons. The number of hydrogen-bond donors (Lipinski definition) is 0. The van der Waals surface area contributed by atoms with Crippen LogP contribution in [0.5, 0.6) is 0 Å². The van der Waals surface area contributed by atoms with Crippen LogP contribution >= 0.6 is 0 Å². The molecule has 55 heavy (non-hydrogen) atoms. The Morgan fingerprint density at radius 1 is 0.418 bits per heavy atom. The fourth-order valence-corrected chi connectivity index (χ4v) is 9.25. The summed E-state index contributed by atoms with van der Waals surface area (Å²) in [6.07, 6.45) is 0. The van der Waals surface area contributed by atoms with Crippen molar-refractivity contribution in [2.24, 2.45) is 0 Å². The number of furan rings is 1. The summed E-state index contributed by atoms with van der Waals surface area (Å²) >= 11 is 0. The third kappa shape index (κ3) is 3.86. The van der Waals surface area contributed by atoms with Gasteiger partial charge >= 0.3 is 0 Å². The van der Waals surface area contributed by atoms with Gasteiger partial charge in [-0.05, 0) is 70.4 Å². The van der Waals surface area contributed by atoms with Crippen molar-refractivity contribution < 1.29 is 4.42 Å². The van der Waals surface area contributed by atoms with E-state index in [-0.39, 0.29) is 0 Å². The fraction of sp³-hybridized carbons (Fsp3) is 0. The topological polar surface area (TPSA) is 48.3 Å². The smallest absolute Gasteiger partial charge is 0.236 e. The number of rotatable bonds is 3. The van der Waals surface area contributed by atoms with Crippen molar-refractivity contribution in [3.8, 4) is 28.3 Å². The van der Waals surface area contributed by atoms with Gasteiger partial charge in [-0.25, -0.2) is 9.97 Å². The molecule has 13 rings (SSSR count). The number of para-hydroxylation sites is 3. The zero-order chi connectivity index (χ0) is 35.8. The first-order chi connectivity index (χ1) is 27.3. The molecule has 0 saturated carbocycles. The molecule has 0 spiro atoms. The van der Waals surface area contributed by atoms with Gasteiger partial charge in [-0.15, -0.1) is 0 Å². The lowest BCUT2D eigenvalue weighted by molar-refractivity contribution is 0.666. The number of fused-ring (bicyclic) bond motifs is 14. The van der Waals surface area contributed by atoms with Gasteiger partial charge in [0.2, 0.25) is 5.95 Å². The third-order valence-electron chi connectivity index (χ3n) is 11.6. The van der Waals surface area contributed by atoms with Crippen molar-refractivity contribution in [2.75, 3.05) is 0 Å². The first kappa shape index (κ1) is 29.0. The molecule has 0 fully saturated rings. The van der Waals surface area contributed by atoms with Crippen molar-refractivity contribution in [1.29, 1.82) is 0 Å². The zero-order valence-electron chi connectivity index (χ0n) is 29.4. The van der Waals surface area contributed by atoms with Crippen LogP contribution in [-0.2, 0) is 0 Å². The van der Waals surface area contributed by atoms with E-state index in [2.05, 4.69) is 161 Å². The standard InChI is InChI=1S/C50H28N4O/c1-2-12-29(13-3-1)32-24-25-41-37(27-32)38-28-42-44(45-35-17-7-9-19-39(35)53(41)48(38)45)34-16-6-10-20-40(34)54(42)50-51-46(33-23-22-30-14-4-5-15-31(30)26-33)49-47(52-50)36-18-8-11-21-43(36)55-49/h1-28H. The molecule has 8 aromatic carbocycles. The van der Waals surface area contributed by atoms with Crippen LogP contribution in [0.4, 0.5) is 0 Å². The summed E-state index contributed by atoms with van der Waals surface area (Å²) in [6.45, 7) is 0. The Bertz CT molecular complexity index is 3720. The normalized spacial score (nSPS) is 12.4. The van der Waals surface area contributed by atoms with Crippen LogP contribution in [0.1, 0.15) is 0 Å². The van der Waals surface area contributed by atoms with E-state index < -0.39 is 0 Å². The minimum Gasteiger partial charge on any atom is -0.452 e. The molecule has 13 aromatic rings. The molecule has 0 atom stereocenters. The minimum absolute atomic E-state index is 0.611. The predicted octanol–water partition coefficient (Wildman–Crippen LogP) is 13.1. The number of hydrogen-bond acceptors (Lipinski definition) is 3. The first-order valence-corrected chi connectivity index (χ1v) is 18.7. The number of benzene rings is 8. The highest BCUT2D eigenvalue weighted by Gasteiger charge is 2.26. The number of aromatic nitrogens is 4. The monoisotopic (exact) mass is 700 g/mol. The van der Waals surface area contributed by atoms with E-state index in [1.54, 1.807) is 0 Å². The van der Waals surface area contributed by atoms with Crippen LogP contribution in [-0.4, -0.2) is 18.9 Å². The number of nitrogens with zero attached hydrogens (tertiary/aromatic N) is 4. The molecule has 0 radical (unpaired) electrons. The van der Waals surface area contributed by atoms with Crippen molar-refractivity contribution >= 4 is 92.7 Å². The molecular formula is C50H28N4O. The Morgan fingerprint density at radius 2 is 1.11 bits per heavy atom. The summed E-state index contributed by atoms with van der Waals surface area (Å²) in [6, 6.07) is 60.6. The molecule has 0 unspecified atom stereocenters. The lowest BCUT2D eigenvalue weighted by atomic mass is 10.00. The molecular weight excluding hydrogens is 673 g/mol. The highest BCUT2D eigenvalue weighted by atomic mass is 16.3. The van der Waals surface area contributed by atoms with Crippen molar-refractivity contribution in [3.63, 3.8) is 0 Å². The van der Waals surface area contributed by atoms with Gasteiger partial charge in [-0.2, -0.15) is 0 Å². The molecule has 0 amide bonds. The van der Waals surface area contributed by atoms with Crippen LogP contribution in [0, 0.1) is 0 Å². The molecule has 5 aromatic heterocycles. The maximum atomic E-state index is 6.59. The van der Waals surface area contributed by atoms with Crippen molar-refractivity contribution in [1.82, 2.24) is 18.9 Å². The summed E-state index contributed by atoms with van der Waals surface area (Å²) in [5, 5.41) is 10.6. The van der Waals surface area contributed by atoms with Crippen LogP contribution < -0.4 is 0 Å². The van der Waals surface area contributed by atoms with E-state index in [0.29, 0.717) is 11.5 Å². The van der Waals surface area contributed by atoms with Gasteiger partial charge in [-0.1, -0.05) is 121 Å². The van der Waals surface area contributed by atoms with Gasteiger partial charge < -0.3 is 8.82 Å². The first-order valence-electron chi connectivity index (χ1n) is 18.7. The second-order valence-corrected chi connectivity index (χ2v) is 14.6. The molecule has 0 aliphatic heterocycles. The summed E-state index contributed by atoms with van der Waals surface area (Å²) in [7, 11) is 0. The maximum Gasteiger partial charge on any atom is 0.236 e. The van der Waals surface area contributed by atoms with Crippen LogP contribution in [0.15, 0.2) is 174 Å². The minimum atomic E-state index is 0.611. The second-order valence-electron chi connectivity index (χ2n) is 14.6. The van der Waals surface area contributed by atoms with Crippen molar-refractivity contribution in [2.45, 2.75) is 0 Å². The summed E-state index contributed by atoms with van der Waals surface area (Å²) in [5.41, 5.74) is 12.2. The highest BCUT2D eigenvalue weighted by molar-refractivity contribution is 6.35. The van der Waals surface area contributed by atoms with Crippen LogP contribution in [0.2, 0.25) is 0 Å². The Kier molecular flexibility index (Phi) is 5.57. The van der Waals surface area contributed by atoms with E-state index in [9.17, 15) is 0 Å².